The van der Waals surface area contributed by atoms with Gasteiger partial charge < -0.3 is 5.32 Å². The van der Waals surface area contributed by atoms with Gasteiger partial charge in [0.25, 0.3) is 0 Å². The van der Waals surface area contributed by atoms with Crippen molar-refractivity contribution in [2.24, 2.45) is 4.99 Å². The molecule has 3 heteroatoms. The maximum Gasteiger partial charge on any atom is 0.154 e. The van der Waals surface area contributed by atoms with Crippen molar-refractivity contribution >= 4 is 22.4 Å². The first-order chi connectivity index (χ1) is 10.8. The lowest BCUT2D eigenvalue weighted by atomic mass is 10.0. The van der Waals surface area contributed by atoms with Crippen LogP contribution in [-0.2, 0) is 0 Å². The molecular weight excluding hydrogens is 270 g/mol. The van der Waals surface area contributed by atoms with Crippen molar-refractivity contribution in [3.05, 3.63) is 83.9 Å². The molecule has 0 aliphatic rings. The first-order valence-electron chi connectivity index (χ1n) is 7.18. The highest BCUT2D eigenvalue weighted by Crippen LogP contribution is 2.19. The zero-order chi connectivity index (χ0) is 15.4. The maximum atomic E-state index is 8.19. The van der Waals surface area contributed by atoms with Gasteiger partial charge in [-0.25, -0.2) is 4.99 Å². The Balaban J connectivity index is 2.07. The summed E-state index contributed by atoms with van der Waals surface area (Å²) in [5.74, 6) is 0.948. The Bertz CT molecular complexity index is 830. The Morgan fingerprint density at radius 1 is 0.864 bits per heavy atom. The van der Waals surface area contributed by atoms with Crippen molar-refractivity contribution < 1.29 is 0 Å². The van der Waals surface area contributed by atoms with Crippen LogP contribution >= 0.6 is 0 Å². The molecule has 0 saturated carbocycles. The average molecular weight is 287 g/mol. The third-order valence-corrected chi connectivity index (χ3v) is 3.55. The summed E-state index contributed by atoms with van der Waals surface area (Å²) in [5, 5.41) is 13.6. The normalized spacial score (nSPS) is 11.4. The number of nitrogens with zero attached hydrogens (tertiary/aromatic N) is 1. The molecule has 0 aliphatic heterocycles. The predicted octanol–water partition coefficient (Wildman–Crippen LogP) is 3.83. The van der Waals surface area contributed by atoms with Crippen LogP contribution in [0.2, 0.25) is 0 Å². The molecule has 0 fully saturated rings. The predicted molar refractivity (Wildman–Crippen MR) is 92.8 cm³/mol. The van der Waals surface area contributed by atoms with Crippen LogP contribution < -0.4 is 5.32 Å². The standard InChI is InChI=1S/C19H17N3/c1-21-19(22-18(20)15-9-3-2-4-10-15)17-13-7-11-14-8-5-6-12-16(14)17/h2-13H,1H3,(H2,20,21,22). The molecule has 108 valence electrons. The van der Waals surface area contributed by atoms with E-state index in [9.17, 15) is 0 Å². The molecule has 0 radical (unpaired) electrons. The lowest BCUT2D eigenvalue weighted by Crippen LogP contribution is -2.21. The molecule has 3 rings (SSSR count). The molecule has 0 saturated heterocycles. The van der Waals surface area contributed by atoms with Gasteiger partial charge in [-0.3, -0.25) is 5.41 Å². The van der Waals surface area contributed by atoms with Crippen LogP contribution in [0, 0.1) is 5.41 Å². The van der Waals surface area contributed by atoms with Gasteiger partial charge in [-0.2, -0.15) is 0 Å². The van der Waals surface area contributed by atoms with E-state index in [2.05, 4.69) is 28.5 Å². The van der Waals surface area contributed by atoms with Gasteiger partial charge in [0.05, 0.1) is 0 Å². The Morgan fingerprint density at radius 3 is 2.32 bits per heavy atom. The molecule has 3 aromatic carbocycles. The highest BCUT2D eigenvalue weighted by Gasteiger charge is 2.08. The topological polar surface area (TPSA) is 48.2 Å². The number of aliphatic imine (C=N–C) groups is 1. The van der Waals surface area contributed by atoms with E-state index in [1.807, 2.05) is 61.6 Å². The molecule has 3 nitrogen and oxygen atoms in total. The summed E-state index contributed by atoms with van der Waals surface area (Å²) >= 11 is 0. The number of hydrogen-bond donors (Lipinski definition) is 2. The fraction of sp³-hybridized carbons (Fsp3) is 0.0526. The quantitative estimate of drug-likeness (QED) is 0.546. The minimum absolute atomic E-state index is 0.248. The Morgan fingerprint density at radius 2 is 1.55 bits per heavy atom. The van der Waals surface area contributed by atoms with Crippen LogP contribution in [0.1, 0.15) is 11.1 Å². The number of amidine groups is 2. The van der Waals surface area contributed by atoms with Gasteiger partial charge in [0.15, 0.2) is 5.84 Å². The fourth-order valence-electron chi connectivity index (χ4n) is 2.46. The van der Waals surface area contributed by atoms with Crippen molar-refractivity contribution in [1.82, 2.24) is 5.32 Å². The van der Waals surface area contributed by atoms with Gasteiger partial charge in [0, 0.05) is 18.2 Å². The molecule has 2 N–H and O–H groups in total. The molecule has 0 spiro atoms. The van der Waals surface area contributed by atoms with Crippen LogP contribution in [0.3, 0.4) is 0 Å². The number of hydrogen-bond acceptors (Lipinski definition) is 1. The minimum atomic E-state index is 0.248. The number of rotatable bonds is 2. The van der Waals surface area contributed by atoms with E-state index >= 15 is 0 Å². The van der Waals surface area contributed by atoms with Gasteiger partial charge in [0.1, 0.15) is 5.84 Å². The third kappa shape index (κ3) is 2.74. The smallest absolute Gasteiger partial charge is 0.154 e. The number of benzene rings is 3. The summed E-state index contributed by atoms with van der Waals surface area (Å²) in [6.45, 7) is 0. The Labute approximate surface area is 129 Å². The summed E-state index contributed by atoms with van der Waals surface area (Å²) in [5.41, 5.74) is 1.80. The zero-order valence-electron chi connectivity index (χ0n) is 12.4. The molecule has 0 heterocycles. The second-order valence-corrected chi connectivity index (χ2v) is 4.95. The average Bonchev–Trinajstić information content (AvgIpc) is 2.60. The summed E-state index contributed by atoms with van der Waals surface area (Å²) < 4.78 is 0. The van der Waals surface area contributed by atoms with E-state index in [0.717, 1.165) is 21.9 Å². The van der Waals surface area contributed by atoms with Gasteiger partial charge in [0.2, 0.25) is 0 Å². The minimum Gasteiger partial charge on any atom is -0.373 e. The third-order valence-electron chi connectivity index (χ3n) is 3.55. The van der Waals surface area contributed by atoms with Crippen molar-refractivity contribution in [2.75, 3.05) is 7.05 Å². The molecule has 0 bridgehead atoms. The van der Waals surface area contributed by atoms with E-state index in [1.54, 1.807) is 0 Å². The lowest BCUT2D eigenvalue weighted by Gasteiger charge is -2.10. The highest BCUT2D eigenvalue weighted by molar-refractivity contribution is 6.15. The molecule has 3 aromatic rings. The largest absolute Gasteiger partial charge is 0.373 e. The van der Waals surface area contributed by atoms with E-state index in [4.69, 9.17) is 5.41 Å². The Kier molecular flexibility index (Phi) is 3.97. The van der Waals surface area contributed by atoms with Gasteiger partial charge >= 0.3 is 0 Å². The van der Waals surface area contributed by atoms with Crippen LogP contribution in [0.4, 0.5) is 0 Å². The monoisotopic (exact) mass is 287 g/mol. The van der Waals surface area contributed by atoms with Gasteiger partial charge in [-0.1, -0.05) is 72.8 Å². The summed E-state index contributed by atoms with van der Waals surface area (Å²) in [6, 6.07) is 23.8. The number of nitrogens with one attached hydrogen (secondary N) is 2. The molecule has 22 heavy (non-hydrogen) atoms. The summed E-state index contributed by atoms with van der Waals surface area (Å²) in [7, 11) is 1.83. The Hall–Kier alpha value is -2.94. The molecular formula is C19H17N3. The van der Waals surface area contributed by atoms with E-state index in [-0.39, 0.29) is 5.84 Å². The van der Waals surface area contributed by atoms with Crippen molar-refractivity contribution in [1.29, 1.82) is 5.41 Å². The maximum absolute atomic E-state index is 8.19. The summed E-state index contributed by atoms with van der Waals surface area (Å²) in [6.07, 6.45) is 0. The molecule has 0 amide bonds. The molecule has 0 aromatic heterocycles. The second kappa shape index (κ2) is 6.22. The van der Waals surface area contributed by atoms with E-state index in [1.165, 1.54) is 0 Å². The highest BCUT2D eigenvalue weighted by atomic mass is 15.0. The first kappa shape index (κ1) is 14.0. The SMILES string of the molecule is CN/C(=N\C(=N)c1ccccc1)c1cccc2ccccc12. The summed E-state index contributed by atoms with van der Waals surface area (Å²) in [4.78, 5) is 4.47. The van der Waals surface area contributed by atoms with Crippen molar-refractivity contribution in [3.8, 4) is 0 Å². The second-order valence-electron chi connectivity index (χ2n) is 4.95. The van der Waals surface area contributed by atoms with Gasteiger partial charge in [-0.05, 0) is 10.8 Å². The van der Waals surface area contributed by atoms with Crippen LogP contribution in [0.5, 0.6) is 0 Å². The lowest BCUT2D eigenvalue weighted by molar-refractivity contribution is 1.17. The molecule has 0 unspecified atom stereocenters. The first-order valence-corrected chi connectivity index (χ1v) is 7.18. The zero-order valence-corrected chi connectivity index (χ0v) is 12.4. The number of fused-ring (bicyclic) bond motifs is 1. The molecule has 0 atom stereocenters. The van der Waals surface area contributed by atoms with Crippen LogP contribution in [-0.4, -0.2) is 18.7 Å². The van der Waals surface area contributed by atoms with Crippen molar-refractivity contribution in [2.45, 2.75) is 0 Å². The van der Waals surface area contributed by atoms with Crippen molar-refractivity contribution in [3.63, 3.8) is 0 Å². The fourth-order valence-corrected chi connectivity index (χ4v) is 2.46. The van der Waals surface area contributed by atoms with Crippen LogP contribution in [0.25, 0.3) is 10.8 Å². The molecule has 0 aliphatic carbocycles. The van der Waals surface area contributed by atoms with Crippen LogP contribution in [0.15, 0.2) is 77.8 Å². The van der Waals surface area contributed by atoms with E-state index in [0.29, 0.717) is 5.84 Å². The van der Waals surface area contributed by atoms with E-state index < -0.39 is 0 Å². The van der Waals surface area contributed by atoms with Gasteiger partial charge in [-0.15, -0.1) is 0 Å².